The Hall–Kier alpha value is -1.18. The third-order valence-corrected chi connectivity index (χ3v) is 3.49. The highest BCUT2D eigenvalue weighted by molar-refractivity contribution is 6.33. The van der Waals surface area contributed by atoms with E-state index in [1.54, 1.807) is 0 Å². The van der Waals surface area contributed by atoms with Crippen LogP contribution in [0.5, 0.6) is 5.75 Å². The second-order valence-electron chi connectivity index (χ2n) is 3.89. The van der Waals surface area contributed by atoms with E-state index in [4.69, 9.17) is 27.9 Å². The minimum Gasteiger partial charge on any atom is -0.494 e. The SMILES string of the molecule is CCOc1ccc(C(Cl)c2ccccc2Cl)cc1. The van der Waals surface area contributed by atoms with Gasteiger partial charge in [-0.05, 0) is 36.2 Å². The van der Waals surface area contributed by atoms with Crippen molar-refractivity contribution >= 4 is 23.2 Å². The highest BCUT2D eigenvalue weighted by Gasteiger charge is 2.13. The smallest absolute Gasteiger partial charge is 0.119 e. The quantitative estimate of drug-likeness (QED) is 0.711. The van der Waals surface area contributed by atoms with Gasteiger partial charge in [-0.3, -0.25) is 0 Å². The number of alkyl halides is 1. The van der Waals surface area contributed by atoms with Crippen molar-refractivity contribution in [2.24, 2.45) is 0 Å². The molecule has 3 heteroatoms. The highest BCUT2D eigenvalue weighted by Crippen LogP contribution is 2.33. The lowest BCUT2D eigenvalue weighted by Crippen LogP contribution is -1.95. The second-order valence-corrected chi connectivity index (χ2v) is 4.73. The van der Waals surface area contributed by atoms with E-state index >= 15 is 0 Å². The average Bonchev–Trinajstić information content (AvgIpc) is 2.40. The molecule has 0 N–H and O–H groups in total. The third-order valence-electron chi connectivity index (χ3n) is 2.66. The Morgan fingerprint density at radius 2 is 1.72 bits per heavy atom. The van der Waals surface area contributed by atoms with Crippen molar-refractivity contribution in [2.75, 3.05) is 6.61 Å². The summed E-state index contributed by atoms with van der Waals surface area (Å²) >= 11 is 12.6. The van der Waals surface area contributed by atoms with E-state index in [-0.39, 0.29) is 5.38 Å². The van der Waals surface area contributed by atoms with Crippen LogP contribution in [0.3, 0.4) is 0 Å². The topological polar surface area (TPSA) is 9.23 Å². The average molecular weight is 281 g/mol. The van der Waals surface area contributed by atoms with E-state index in [2.05, 4.69) is 0 Å². The lowest BCUT2D eigenvalue weighted by molar-refractivity contribution is 0.340. The van der Waals surface area contributed by atoms with Gasteiger partial charge in [0, 0.05) is 5.02 Å². The van der Waals surface area contributed by atoms with Crippen LogP contribution in [0.15, 0.2) is 48.5 Å². The largest absolute Gasteiger partial charge is 0.494 e. The molecule has 0 bridgehead atoms. The lowest BCUT2D eigenvalue weighted by atomic mass is 10.0. The summed E-state index contributed by atoms with van der Waals surface area (Å²) in [5, 5.41) is 0.445. The number of ether oxygens (including phenoxy) is 1. The van der Waals surface area contributed by atoms with Crippen molar-refractivity contribution in [2.45, 2.75) is 12.3 Å². The molecule has 2 aromatic carbocycles. The summed E-state index contributed by atoms with van der Waals surface area (Å²) < 4.78 is 5.40. The molecule has 0 aromatic heterocycles. The predicted molar refractivity (Wildman–Crippen MR) is 76.8 cm³/mol. The number of rotatable bonds is 4. The van der Waals surface area contributed by atoms with Gasteiger partial charge in [0.1, 0.15) is 5.75 Å². The Labute approximate surface area is 117 Å². The maximum absolute atomic E-state index is 6.44. The minimum absolute atomic E-state index is 0.241. The summed E-state index contributed by atoms with van der Waals surface area (Å²) in [6, 6.07) is 15.4. The molecular weight excluding hydrogens is 267 g/mol. The zero-order valence-electron chi connectivity index (χ0n) is 10.1. The molecule has 1 unspecified atom stereocenters. The second kappa shape index (κ2) is 6.12. The van der Waals surface area contributed by atoms with Gasteiger partial charge in [0.05, 0.1) is 12.0 Å². The zero-order valence-corrected chi connectivity index (χ0v) is 11.6. The van der Waals surface area contributed by atoms with E-state index in [0.717, 1.165) is 16.9 Å². The molecule has 1 atom stereocenters. The van der Waals surface area contributed by atoms with E-state index in [0.29, 0.717) is 11.6 Å². The Morgan fingerprint density at radius 3 is 2.33 bits per heavy atom. The van der Waals surface area contributed by atoms with Gasteiger partial charge in [0.2, 0.25) is 0 Å². The Balaban J connectivity index is 2.23. The first-order chi connectivity index (χ1) is 8.72. The number of benzene rings is 2. The molecule has 0 saturated heterocycles. The van der Waals surface area contributed by atoms with Gasteiger partial charge in [0.25, 0.3) is 0 Å². The van der Waals surface area contributed by atoms with E-state index < -0.39 is 0 Å². The first-order valence-electron chi connectivity index (χ1n) is 5.83. The van der Waals surface area contributed by atoms with Gasteiger partial charge in [-0.15, -0.1) is 11.6 Å². The molecule has 0 saturated carbocycles. The van der Waals surface area contributed by atoms with Crippen LogP contribution < -0.4 is 4.74 Å². The van der Waals surface area contributed by atoms with Crippen molar-refractivity contribution in [1.82, 2.24) is 0 Å². The summed E-state index contributed by atoms with van der Waals surface area (Å²) in [6.07, 6.45) is 0. The summed E-state index contributed by atoms with van der Waals surface area (Å²) in [5.41, 5.74) is 1.93. The standard InChI is InChI=1S/C15H14Cl2O/c1-2-18-12-9-7-11(8-10-12)15(17)13-5-3-4-6-14(13)16/h3-10,15H,2H2,1H3. The summed E-state index contributed by atoms with van der Waals surface area (Å²) in [7, 11) is 0. The van der Waals surface area contributed by atoms with Gasteiger partial charge >= 0.3 is 0 Å². The lowest BCUT2D eigenvalue weighted by Gasteiger charge is -2.12. The van der Waals surface area contributed by atoms with Crippen LogP contribution in [0, 0.1) is 0 Å². The first kappa shape index (κ1) is 13.3. The molecule has 0 fully saturated rings. The first-order valence-corrected chi connectivity index (χ1v) is 6.65. The molecule has 0 aliphatic rings. The van der Waals surface area contributed by atoms with Crippen LogP contribution >= 0.6 is 23.2 Å². The number of halogens is 2. The minimum atomic E-state index is -0.241. The van der Waals surface area contributed by atoms with Crippen LogP contribution in [0.4, 0.5) is 0 Å². The molecule has 0 aliphatic heterocycles. The van der Waals surface area contributed by atoms with Gasteiger partial charge in [-0.1, -0.05) is 41.9 Å². The van der Waals surface area contributed by atoms with Gasteiger partial charge in [-0.2, -0.15) is 0 Å². The number of hydrogen-bond acceptors (Lipinski definition) is 1. The van der Waals surface area contributed by atoms with Crippen molar-refractivity contribution in [3.05, 3.63) is 64.7 Å². The Morgan fingerprint density at radius 1 is 1.06 bits per heavy atom. The van der Waals surface area contributed by atoms with Crippen LogP contribution in [0.2, 0.25) is 5.02 Å². The number of hydrogen-bond donors (Lipinski definition) is 0. The van der Waals surface area contributed by atoms with Crippen molar-refractivity contribution in [1.29, 1.82) is 0 Å². The van der Waals surface area contributed by atoms with Crippen LogP contribution in [0.25, 0.3) is 0 Å². The maximum atomic E-state index is 6.44. The molecular formula is C15H14Cl2O. The fourth-order valence-corrected chi connectivity index (χ4v) is 2.40. The molecule has 2 aromatic rings. The van der Waals surface area contributed by atoms with E-state index in [1.807, 2.05) is 55.5 Å². The Bertz CT molecular complexity index is 508. The predicted octanol–water partition coefficient (Wildman–Crippen LogP) is 5.07. The molecule has 0 radical (unpaired) electrons. The molecule has 1 nitrogen and oxygen atoms in total. The third kappa shape index (κ3) is 2.98. The van der Waals surface area contributed by atoms with Gasteiger partial charge < -0.3 is 4.74 Å². The van der Waals surface area contributed by atoms with Crippen molar-refractivity contribution in [3.63, 3.8) is 0 Å². The normalized spacial score (nSPS) is 12.2. The highest BCUT2D eigenvalue weighted by atomic mass is 35.5. The fourth-order valence-electron chi connectivity index (χ4n) is 1.76. The Kier molecular flexibility index (Phi) is 4.51. The van der Waals surface area contributed by atoms with Gasteiger partial charge in [0.15, 0.2) is 0 Å². The zero-order chi connectivity index (χ0) is 13.0. The van der Waals surface area contributed by atoms with E-state index in [9.17, 15) is 0 Å². The monoisotopic (exact) mass is 280 g/mol. The van der Waals surface area contributed by atoms with Crippen LogP contribution in [-0.4, -0.2) is 6.61 Å². The molecule has 2 rings (SSSR count). The molecule has 94 valence electrons. The summed E-state index contributed by atoms with van der Waals surface area (Å²) in [6.45, 7) is 2.62. The summed E-state index contributed by atoms with van der Waals surface area (Å²) in [5.74, 6) is 0.851. The molecule has 18 heavy (non-hydrogen) atoms. The molecule has 0 spiro atoms. The fraction of sp³-hybridized carbons (Fsp3) is 0.200. The van der Waals surface area contributed by atoms with E-state index in [1.165, 1.54) is 0 Å². The molecule has 0 aliphatic carbocycles. The molecule has 0 amide bonds. The van der Waals surface area contributed by atoms with Crippen LogP contribution in [0.1, 0.15) is 23.4 Å². The van der Waals surface area contributed by atoms with Crippen molar-refractivity contribution in [3.8, 4) is 5.75 Å². The maximum Gasteiger partial charge on any atom is 0.119 e. The summed E-state index contributed by atoms with van der Waals surface area (Å²) in [4.78, 5) is 0. The van der Waals surface area contributed by atoms with Crippen molar-refractivity contribution < 1.29 is 4.74 Å². The molecule has 0 heterocycles. The van der Waals surface area contributed by atoms with Gasteiger partial charge in [-0.25, -0.2) is 0 Å². The van der Waals surface area contributed by atoms with Crippen LogP contribution in [-0.2, 0) is 0 Å².